The van der Waals surface area contributed by atoms with E-state index < -0.39 is 89.5 Å². The summed E-state index contributed by atoms with van der Waals surface area (Å²) in [5.74, 6) is -9.37. The van der Waals surface area contributed by atoms with Gasteiger partial charge in [0.25, 0.3) is 0 Å². The van der Waals surface area contributed by atoms with Gasteiger partial charge in [-0.05, 0) is 49.7 Å². The van der Waals surface area contributed by atoms with Gasteiger partial charge in [0.1, 0.15) is 5.78 Å². The second kappa shape index (κ2) is 8.77. The summed E-state index contributed by atoms with van der Waals surface area (Å²) in [6.45, 7) is 1.51. The number of alkyl halides is 6. The normalized spacial score (nSPS) is 36.5. The van der Waals surface area contributed by atoms with E-state index in [-0.39, 0.29) is 12.2 Å². The standard InChI is InChI=1S/C25H24F6O7/c1-21-7-5-13(32)9-12(21)3-4-14-15-6-8-23(38-20(36)25(29,30)31,22(15,2)10-16(33)18(14)21)17(34)11-37-19(35)24(26,27)28/h5,7,9,14-15,18H,3-4,6,8,10-11H2,1-2H3/t14-,15-,18+,21-,22-,23-/m0/s1. The molecule has 7 nitrogen and oxygen atoms in total. The molecule has 208 valence electrons. The molecule has 0 unspecified atom stereocenters. The Balaban J connectivity index is 1.73. The molecule has 0 heterocycles. The van der Waals surface area contributed by atoms with Crippen molar-refractivity contribution in [2.75, 3.05) is 6.61 Å². The maximum atomic E-state index is 13.7. The van der Waals surface area contributed by atoms with E-state index in [1.54, 1.807) is 13.0 Å². The van der Waals surface area contributed by atoms with E-state index in [0.717, 1.165) is 5.57 Å². The van der Waals surface area contributed by atoms with Crippen LogP contribution in [0.1, 0.15) is 46.0 Å². The van der Waals surface area contributed by atoms with Crippen LogP contribution in [0.15, 0.2) is 23.8 Å². The summed E-state index contributed by atoms with van der Waals surface area (Å²) in [7, 11) is 0. The molecule has 3 saturated carbocycles. The SMILES string of the molecule is C[C@]12C=CC(=O)C=C1CC[C@@H]1[C@@H]2C(=O)C[C@@]2(C)[C@H]1CC[C@]2(OC(=O)C(F)(F)F)C(=O)COC(=O)C(F)(F)F. The van der Waals surface area contributed by atoms with Crippen molar-refractivity contribution in [1.29, 1.82) is 0 Å². The van der Waals surface area contributed by atoms with Crippen molar-refractivity contribution in [3.63, 3.8) is 0 Å². The van der Waals surface area contributed by atoms with Crippen molar-refractivity contribution >= 4 is 29.3 Å². The number of Topliss-reactive ketones (excluding diaryl/α,β-unsaturated/α-hetero) is 2. The number of rotatable bonds is 4. The average Bonchev–Trinajstić information content (AvgIpc) is 3.08. The lowest BCUT2D eigenvalue weighted by molar-refractivity contribution is -0.228. The molecule has 0 aromatic heterocycles. The Hall–Kier alpha value is -2.99. The molecule has 0 N–H and O–H groups in total. The molecule has 4 aliphatic rings. The molecule has 4 rings (SSSR count). The Bertz CT molecular complexity index is 1170. The zero-order valence-corrected chi connectivity index (χ0v) is 20.3. The van der Waals surface area contributed by atoms with Crippen molar-refractivity contribution in [2.24, 2.45) is 28.6 Å². The molecule has 13 heteroatoms. The molecule has 0 aliphatic heterocycles. The molecule has 3 fully saturated rings. The highest BCUT2D eigenvalue weighted by Gasteiger charge is 2.71. The van der Waals surface area contributed by atoms with E-state index in [0.29, 0.717) is 12.8 Å². The van der Waals surface area contributed by atoms with Crippen molar-refractivity contribution in [3.05, 3.63) is 23.8 Å². The first kappa shape index (κ1) is 28.0. The van der Waals surface area contributed by atoms with Crippen molar-refractivity contribution in [1.82, 2.24) is 0 Å². The van der Waals surface area contributed by atoms with Crippen LogP contribution in [-0.4, -0.2) is 53.8 Å². The Morgan fingerprint density at radius 1 is 1.00 bits per heavy atom. The van der Waals surface area contributed by atoms with Gasteiger partial charge in [0.15, 0.2) is 18.0 Å². The van der Waals surface area contributed by atoms with Gasteiger partial charge in [0.05, 0.1) is 0 Å². The first-order chi connectivity index (χ1) is 17.4. The lowest BCUT2D eigenvalue weighted by atomic mass is 9.46. The first-order valence-corrected chi connectivity index (χ1v) is 11.9. The quantitative estimate of drug-likeness (QED) is 0.385. The van der Waals surface area contributed by atoms with E-state index in [1.165, 1.54) is 19.1 Å². The minimum absolute atomic E-state index is 0.0345. The zero-order valence-electron chi connectivity index (χ0n) is 20.3. The van der Waals surface area contributed by atoms with Gasteiger partial charge in [-0.15, -0.1) is 0 Å². The minimum atomic E-state index is -5.54. The monoisotopic (exact) mass is 550 g/mol. The molecule has 4 aliphatic carbocycles. The van der Waals surface area contributed by atoms with Crippen LogP contribution in [-0.2, 0) is 33.4 Å². The summed E-state index contributed by atoms with van der Waals surface area (Å²) < 4.78 is 86.4. The average molecular weight is 550 g/mol. The van der Waals surface area contributed by atoms with Gasteiger partial charge >= 0.3 is 24.3 Å². The van der Waals surface area contributed by atoms with Crippen LogP contribution in [0.5, 0.6) is 0 Å². The minimum Gasteiger partial charge on any atom is -0.451 e. The smallest absolute Gasteiger partial charge is 0.451 e. The van der Waals surface area contributed by atoms with E-state index in [4.69, 9.17) is 4.74 Å². The second-order valence-corrected chi connectivity index (χ2v) is 10.8. The number of fused-ring (bicyclic) bond motifs is 5. The Labute approximate surface area is 212 Å². The fourth-order valence-corrected chi connectivity index (χ4v) is 7.25. The largest absolute Gasteiger partial charge is 0.490 e. The van der Waals surface area contributed by atoms with Crippen LogP contribution in [0.4, 0.5) is 26.3 Å². The fourth-order valence-electron chi connectivity index (χ4n) is 7.25. The number of esters is 2. The molecule has 38 heavy (non-hydrogen) atoms. The van der Waals surface area contributed by atoms with E-state index in [2.05, 4.69) is 4.74 Å². The summed E-state index contributed by atoms with van der Waals surface area (Å²) in [6.07, 6.45) is -6.78. The van der Waals surface area contributed by atoms with Crippen LogP contribution in [0.3, 0.4) is 0 Å². The third-order valence-corrected chi connectivity index (χ3v) is 8.89. The second-order valence-electron chi connectivity index (χ2n) is 10.8. The number of halogens is 6. The number of ketones is 3. The molecule has 0 amide bonds. The van der Waals surface area contributed by atoms with E-state index in [1.807, 2.05) is 0 Å². The number of carbonyl (C=O) groups excluding carboxylic acids is 5. The Morgan fingerprint density at radius 3 is 2.24 bits per heavy atom. The highest BCUT2D eigenvalue weighted by molar-refractivity contribution is 6.02. The summed E-state index contributed by atoms with van der Waals surface area (Å²) in [5, 5.41) is 0. The lowest BCUT2D eigenvalue weighted by Gasteiger charge is -2.57. The van der Waals surface area contributed by atoms with Gasteiger partial charge in [-0.1, -0.05) is 25.5 Å². The summed E-state index contributed by atoms with van der Waals surface area (Å²) in [4.78, 5) is 62.0. The van der Waals surface area contributed by atoms with E-state index in [9.17, 15) is 50.3 Å². The maximum Gasteiger partial charge on any atom is 0.490 e. The maximum absolute atomic E-state index is 13.7. The number of hydrogen-bond acceptors (Lipinski definition) is 7. The Kier molecular flexibility index (Phi) is 6.47. The topological polar surface area (TPSA) is 104 Å². The zero-order chi connectivity index (χ0) is 28.5. The molecular formula is C25H24F6O7. The Morgan fingerprint density at radius 2 is 1.63 bits per heavy atom. The number of ether oxygens (including phenoxy) is 2. The molecule has 0 spiro atoms. The fraction of sp³-hybridized carbons (Fsp3) is 0.640. The van der Waals surface area contributed by atoms with Crippen LogP contribution in [0.25, 0.3) is 0 Å². The van der Waals surface area contributed by atoms with Crippen molar-refractivity contribution < 1.29 is 59.8 Å². The highest BCUT2D eigenvalue weighted by atomic mass is 19.4. The molecule has 0 aromatic rings. The third kappa shape index (κ3) is 4.17. The van der Waals surface area contributed by atoms with Crippen LogP contribution < -0.4 is 0 Å². The van der Waals surface area contributed by atoms with Gasteiger partial charge in [-0.25, -0.2) is 9.59 Å². The molecule has 0 aromatic carbocycles. The molecule has 0 radical (unpaired) electrons. The van der Waals surface area contributed by atoms with Gasteiger partial charge in [0.2, 0.25) is 5.78 Å². The predicted molar refractivity (Wildman–Crippen MR) is 114 cm³/mol. The van der Waals surface area contributed by atoms with Gasteiger partial charge < -0.3 is 9.47 Å². The summed E-state index contributed by atoms with van der Waals surface area (Å²) >= 11 is 0. The van der Waals surface area contributed by atoms with Crippen LogP contribution in [0.2, 0.25) is 0 Å². The van der Waals surface area contributed by atoms with E-state index >= 15 is 0 Å². The molecular weight excluding hydrogens is 526 g/mol. The number of allylic oxidation sites excluding steroid dienone is 4. The first-order valence-electron chi connectivity index (χ1n) is 11.9. The number of carbonyl (C=O) groups is 5. The molecule has 0 saturated heterocycles. The van der Waals surface area contributed by atoms with Crippen molar-refractivity contribution in [3.8, 4) is 0 Å². The van der Waals surface area contributed by atoms with Gasteiger partial charge in [0, 0.05) is 23.2 Å². The third-order valence-electron chi connectivity index (χ3n) is 8.89. The molecule has 6 atom stereocenters. The predicted octanol–water partition coefficient (Wildman–Crippen LogP) is 3.99. The van der Waals surface area contributed by atoms with Gasteiger partial charge in [-0.2, -0.15) is 26.3 Å². The van der Waals surface area contributed by atoms with Crippen LogP contribution >= 0.6 is 0 Å². The summed E-state index contributed by atoms with van der Waals surface area (Å²) in [6, 6.07) is 0. The van der Waals surface area contributed by atoms with Crippen molar-refractivity contribution in [2.45, 2.75) is 63.9 Å². The highest BCUT2D eigenvalue weighted by Crippen LogP contribution is 2.67. The lowest BCUT2D eigenvalue weighted by Crippen LogP contribution is -2.62. The summed E-state index contributed by atoms with van der Waals surface area (Å²) in [5.41, 5.74) is -4.45. The van der Waals surface area contributed by atoms with Crippen LogP contribution in [0, 0.1) is 28.6 Å². The molecule has 0 bridgehead atoms. The van der Waals surface area contributed by atoms with Gasteiger partial charge in [-0.3, -0.25) is 14.4 Å². The number of hydrogen-bond donors (Lipinski definition) is 0.